The van der Waals surface area contributed by atoms with Crippen molar-refractivity contribution in [2.75, 3.05) is 12.4 Å². The molecule has 140 valence electrons. The number of nitrogens with one attached hydrogen (secondary N) is 2. The van der Waals surface area contributed by atoms with Crippen LogP contribution >= 0.6 is 31.9 Å². The predicted octanol–water partition coefficient (Wildman–Crippen LogP) is 3.47. The number of urea groups is 1. The van der Waals surface area contributed by atoms with Crippen LogP contribution in [0.5, 0.6) is 5.75 Å². The van der Waals surface area contributed by atoms with Gasteiger partial charge in [0.2, 0.25) is 0 Å². The van der Waals surface area contributed by atoms with Gasteiger partial charge in [0.1, 0.15) is 12.1 Å². The van der Waals surface area contributed by atoms with Gasteiger partial charge in [0.15, 0.2) is 5.82 Å². The zero-order valence-electron chi connectivity index (χ0n) is 14.3. The number of hydrogen-bond acceptors (Lipinski definition) is 6. The van der Waals surface area contributed by atoms with Crippen molar-refractivity contribution in [2.24, 2.45) is 0 Å². The average Bonchev–Trinajstić information content (AvgIpc) is 3.14. The van der Waals surface area contributed by atoms with Crippen molar-refractivity contribution in [3.05, 3.63) is 51.7 Å². The predicted molar refractivity (Wildman–Crippen MR) is 106 cm³/mol. The highest BCUT2D eigenvalue weighted by molar-refractivity contribution is 9.11. The summed E-state index contributed by atoms with van der Waals surface area (Å²) >= 11 is 6.81. The van der Waals surface area contributed by atoms with E-state index >= 15 is 0 Å². The molecular weight excluding hydrogens is 482 g/mol. The summed E-state index contributed by atoms with van der Waals surface area (Å²) in [5, 5.41) is 9.72. The highest BCUT2D eigenvalue weighted by Crippen LogP contribution is 2.34. The fourth-order valence-corrected chi connectivity index (χ4v) is 3.56. The molecule has 0 bridgehead atoms. The van der Waals surface area contributed by atoms with Crippen molar-refractivity contribution in [1.82, 2.24) is 30.0 Å². The van der Waals surface area contributed by atoms with Gasteiger partial charge in [0, 0.05) is 22.9 Å². The third kappa shape index (κ3) is 4.42. The highest BCUT2D eigenvalue weighted by Gasteiger charge is 2.18. The fraction of sp³-hybridized carbons (Fsp3) is 0.188. The third-order valence-corrected chi connectivity index (χ3v) is 4.82. The maximum Gasteiger partial charge on any atom is 0.319 e. The van der Waals surface area contributed by atoms with Crippen LogP contribution in [0, 0.1) is 0 Å². The van der Waals surface area contributed by atoms with Gasteiger partial charge in [0.05, 0.1) is 23.3 Å². The van der Waals surface area contributed by atoms with Gasteiger partial charge in [-0.2, -0.15) is 9.78 Å². The Kier molecular flexibility index (Phi) is 6.01. The molecule has 2 heterocycles. The van der Waals surface area contributed by atoms with Crippen molar-refractivity contribution in [3.63, 3.8) is 0 Å². The fourth-order valence-electron chi connectivity index (χ4n) is 2.30. The van der Waals surface area contributed by atoms with Crippen LogP contribution in [-0.2, 0) is 0 Å². The summed E-state index contributed by atoms with van der Waals surface area (Å²) in [6.45, 7) is 1.79. The Balaban J connectivity index is 1.73. The molecule has 0 aliphatic heterocycles. The molecule has 2 N–H and O–H groups in total. The minimum Gasteiger partial charge on any atom is -0.495 e. The summed E-state index contributed by atoms with van der Waals surface area (Å²) in [5.41, 5.74) is 0.563. The number of carbonyl (C=O) groups is 1. The van der Waals surface area contributed by atoms with E-state index in [0.29, 0.717) is 27.7 Å². The summed E-state index contributed by atoms with van der Waals surface area (Å²) in [7, 11) is 1.55. The zero-order chi connectivity index (χ0) is 19.4. The molecule has 9 nitrogen and oxygen atoms in total. The van der Waals surface area contributed by atoms with Crippen LogP contribution in [0.1, 0.15) is 18.8 Å². The van der Waals surface area contributed by atoms with Crippen LogP contribution in [0.3, 0.4) is 0 Å². The van der Waals surface area contributed by atoms with E-state index in [-0.39, 0.29) is 0 Å². The molecule has 27 heavy (non-hydrogen) atoms. The number of nitrogens with zero attached hydrogens (tertiary/aromatic N) is 5. The summed E-state index contributed by atoms with van der Waals surface area (Å²) < 4.78 is 8.21. The van der Waals surface area contributed by atoms with Gasteiger partial charge < -0.3 is 15.4 Å². The second-order valence-corrected chi connectivity index (χ2v) is 7.07. The zero-order valence-corrected chi connectivity index (χ0v) is 17.5. The first-order valence-corrected chi connectivity index (χ1v) is 9.36. The maximum absolute atomic E-state index is 12.4. The molecule has 2 aromatic heterocycles. The molecule has 1 atom stereocenters. The van der Waals surface area contributed by atoms with Crippen LogP contribution in [0.25, 0.3) is 5.95 Å². The molecule has 3 aromatic rings. The minimum atomic E-state index is -0.438. The van der Waals surface area contributed by atoms with Crippen molar-refractivity contribution < 1.29 is 9.53 Å². The number of amides is 2. The number of rotatable bonds is 5. The van der Waals surface area contributed by atoms with Gasteiger partial charge >= 0.3 is 6.03 Å². The molecule has 0 spiro atoms. The lowest BCUT2D eigenvalue weighted by atomic mass is 10.3. The van der Waals surface area contributed by atoms with Gasteiger partial charge in [-0.25, -0.2) is 19.7 Å². The minimum absolute atomic E-state index is 0.374. The molecule has 0 saturated carbocycles. The molecule has 0 saturated heterocycles. The Morgan fingerprint density at radius 2 is 1.93 bits per heavy atom. The molecule has 0 fully saturated rings. The second-order valence-electron chi connectivity index (χ2n) is 5.37. The lowest BCUT2D eigenvalue weighted by Crippen LogP contribution is -2.32. The first kappa shape index (κ1) is 19.2. The normalized spacial score (nSPS) is 11.7. The van der Waals surface area contributed by atoms with E-state index in [1.807, 2.05) is 0 Å². The van der Waals surface area contributed by atoms with Crippen LogP contribution in [0.4, 0.5) is 10.5 Å². The largest absolute Gasteiger partial charge is 0.495 e. The number of hydrogen-bond donors (Lipinski definition) is 2. The summed E-state index contributed by atoms with van der Waals surface area (Å²) in [5.74, 6) is 1.48. The quantitative estimate of drug-likeness (QED) is 0.560. The van der Waals surface area contributed by atoms with Crippen LogP contribution < -0.4 is 15.4 Å². The van der Waals surface area contributed by atoms with E-state index in [1.165, 1.54) is 11.0 Å². The Labute approximate surface area is 171 Å². The lowest BCUT2D eigenvalue weighted by Gasteiger charge is -2.16. The van der Waals surface area contributed by atoms with Crippen LogP contribution in [-0.4, -0.2) is 37.9 Å². The van der Waals surface area contributed by atoms with Crippen LogP contribution in [0.2, 0.25) is 0 Å². The first-order valence-electron chi connectivity index (χ1n) is 7.77. The first-order chi connectivity index (χ1) is 13.0. The van der Waals surface area contributed by atoms with E-state index in [0.717, 1.165) is 4.47 Å². The summed E-state index contributed by atoms with van der Waals surface area (Å²) in [6, 6.07) is 4.36. The molecule has 1 aromatic carbocycles. The smallest absolute Gasteiger partial charge is 0.319 e. The third-order valence-electron chi connectivity index (χ3n) is 3.54. The lowest BCUT2D eigenvalue weighted by molar-refractivity contribution is 0.248. The van der Waals surface area contributed by atoms with E-state index in [2.05, 4.69) is 62.5 Å². The van der Waals surface area contributed by atoms with Crippen LogP contribution in [0.15, 0.2) is 45.9 Å². The topological polar surface area (TPSA) is 107 Å². The molecule has 11 heteroatoms. The number of methoxy groups -OCH3 is 1. The number of halogens is 2. The van der Waals surface area contributed by atoms with Crippen molar-refractivity contribution in [3.8, 4) is 11.7 Å². The van der Waals surface area contributed by atoms with E-state index in [1.54, 1.807) is 44.6 Å². The van der Waals surface area contributed by atoms with E-state index < -0.39 is 12.1 Å². The Bertz CT molecular complexity index is 949. The number of ether oxygens (including phenoxy) is 1. The molecule has 0 aliphatic rings. The summed E-state index contributed by atoms with van der Waals surface area (Å²) in [4.78, 5) is 24.9. The van der Waals surface area contributed by atoms with Gasteiger partial charge in [-0.05, 0) is 50.9 Å². The van der Waals surface area contributed by atoms with Gasteiger partial charge in [-0.3, -0.25) is 0 Å². The molecule has 0 aliphatic carbocycles. The Hall–Kier alpha value is -2.53. The maximum atomic E-state index is 12.4. The number of carbonyl (C=O) groups excluding carboxylic acids is 1. The molecule has 0 unspecified atom stereocenters. The Morgan fingerprint density at radius 3 is 2.63 bits per heavy atom. The van der Waals surface area contributed by atoms with E-state index in [9.17, 15) is 4.79 Å². The molecule has 2 amide bonds. The summed E-state index contributed by atoms with van der Waals surface area (Å²) in [6.07, 6.45) is 4.60. The van der Waals surface area contributed by atoms with Gasteiger partial charge in [-0.15, -0.1) is 0 Å². The average molecular weight is 497 g/mol. The second kappa shape index (κ2) is 8.44. The van der Waals surface area contributed by atoms with Crippen molar-refractivity contribution in [1.29, 1.82) is 0 Å². The van der Waals surface area contributed by atoms with Gasteiger partial charge in [0.25, 0.3) is 5.95 Å². The molecule has 3 rings (SSSR count). The number of benzene rings is 1. The highest BCUT2D eigenvalue weighted by atomic mass is 79.9. The number of aromatic nitrogens is 5. The SMILES string of the molecule is COc1cc(NC(=O)N[C@@H](C)c2ncnn2-c2ncccn2)c(Br)cc1Br. The van der Waals surface area contributed by atoms with Gasteiger partial charge in [-0.1, -0.05) is 0 Å². The number of anilines is 1. The molecule has 0 radical (unpaired) electrons. The standard InChI is InChI=1S/C16H15Br2N7O2/c1-9(14-21-8-22-25(14)15-19-4-3-5-20-15)23-16(26)24-12-7-13(27-2)11(18)6-10(12)17/h3-9H,1-2H3,(H2,23,24,26)/t9-/m0/s1. The molecular formula is C16H15Br2N7O2. The van der Waals surface area contributed by atoms with Crippen molar-refractivity contribution >= 4 is 43.6 Å². The van der Waals surface area contributed by atoms with Crippen molar-refractivity contribution in [2.45, 2.75) is 13.0 Å². The Morgan fingerprint density at radius 1 is 1.19 bits per heavy atom. The van der Waals surface area contributed by atoms with E-state index in [4.69, 9.17) is 4.74 Å². The monoisotopic (exact) mass is 495 g/mol.